The molecule has 0 spiro atoms. The van der Waals surface area contributed by atoms with Crippen LogP contribution in [0.1, 0.15) is 39.5 Å². The van der Waals surface area contributed by atoms with Crippen LogP contribution in [0.3, 0.4) is 0 Å². The van der Waals surface area contributed by atoms with Gasteiger partial charge in [0.25, 0.3) is 0 Å². The summed E-state index contributed by atoms with van der Waals surface area (Å²) in [6.07, 6.45) is 4.76. The number of amides is 1. The SMILES string of the molecule is C[C@@H]1CCCC[C@H]1NC(=O)[C@@H](C)Sc1ccc(F)cc1. The predicted molar refractivity (Wildman–Crippen MR) is 81.3 cm³/mol. The van der Waals surface area contributed by atoms with Crippen molar-refractivity contribution >= 4 is 17.7 Å². The second-order valence-electron chi connectivity index (χ2n) is 5.59. The molecule has 0 radical (unpaired) electrons. The van der Waals surface area contributed by atoms with Gasteiger partial charge in [-0.15, -0.1) is 11.8 Å². The molecule has 1 aliphatic rings. The second kappa shape index (κ2) is 7.11. The minimum atomic E-state index is -0.248. The van der Waals surface area contributed by atoms with E-state index in [-0.39, 0.29) is 17.0 Å². The predicted octanol–water partition coefficient (Wildman–Crippen LogP) is 4.00. The molecule has 2 nitrogen and oxygen atoms in total. The van der Waals surface area contributed by atoms with Crippen LogP contribution in [0.15, 0.2) is 29.2 Å². The average Bonchev–Trinajstić information content (AvgIpc) is 2.44. The zero-order valence-electron chi connectivity index (χ0n) is 12.1. The lowest BCUT2D eigenvalue weighted by molar-refractivity contribution is -0.121. The van der Waals surface area contributed by atoms with Gasteiger partial charge in [-0.25, -0.2) is 4.39 Å². The molecule has 110 valence electrons. The maximum atomic E-state index is 12.8. The summed E-state index contributed by atoms with van der Waals surface area (Å²) in [5, 5.41) is 3.01. The monoisotopic (exact) mass is 295 g/mol. The molecule has 1 N–H and O–H groups in total. The van der Waals surface area contributed by atoms with Gasteiger partial charge in [-0.05, 0) is 49.9 Å². The van der Waals surface area contributed by atoms with E-state index >= 15 is 0 Å². The molecule has 0 heterocycles. The standard InChI is InChI=1S/C16H22FNOS/c1-11-5-3-4-6-15(11)18-16(19)12(2)20-14-9-7-13(17)8-10-14/h7-12,15H,3-6H2,1-2H3,(H,18,19)/t11-,12-,15-/m1/s1. The van der Waals surface area contributed by atoms with Crippen molar-refractivity contribution in [1.29, 1.82) is 0 Å². The molecule has 2 rings (SSSR count). The van der Waals surface area contributed by atoms with Crippen LogP contribution < -0.4 is 5.32 Å². The van der Waals surface area contributed by atoms with Gasteiger partial charge in [0.1, 0.15) is 5.82 Å². The first-order valence-electron chi connectivity index (χ1n) is 7.29. The van der Waals surface area contributed by atoms with E-state index in [0.29, 0.717) is 12.0 Å². The van der Waals surface area contributed by atoms with E-state index in [1.54, 1.807) is 12.1 Å². The van der Waals surface area contributed by atoms with Crippen molar-refractivity contribution in [1.82, 2.24) is 5.32 Å². The first-order valence-corrected chi connectivity index (χ1v) is 8.17. The number of rotatable bonds is 4. The van der Waals surface area contributed by atoms with Crippen molar-refractivity contribution in [2.75, 3.05) is 0 Å². The number of halogens is 1. The minimum absolute atomic E-state index is 0.0816. The van der Waals surface area contributed by atoms with Crippen molar-refractivity contribution < 1.29 is 9.18 Å². The maximum Gasteiger partial charge on any atom is 0.233 e. The number of nitrogens with one attached hydrogen (secondary N) is 1. The largest absolute Gasteiger partial charge is 0.352 e. The first kappa shape index (κ1) is 15.4. The molecule has 1 aromatic carbocycles. The van der Waals surface area contributed by atoms with Crippen molar-refractivity contribution in [3.05, 3.63) is 30.1 Å². The Hall–Kier alpha value is -1.03. The van der Waals surface area contributed by atoms with Crippen LogP contribution in [0.2, 0.25) is 0 Å². The fourth-order valence-corrected chi connectivity index (χ4v) is 3.48. The van der Waals surface area contributed by atoms with Crippen LogP contribution >= 0.6 is 11.8 Å². The van der Waals surface area contributed by atoms with Crippen LogP contribution in [0.4, 0.5) is 4.39 Å². The van der Waals surface area contributed by atoms with Crippen LogP contribution in [0, 0.1) is 11.7 Å². The fraction of sp³-hybridized carbons (Fsp3) is 0.562. The summed E-state index contributed by atoms with van der Waals surface area (Å²) in [5.41, 5.74) is 0. The molecule has 0 saturated heterocycles. The number of thioether (sulfide) groups is 1. The number of benzene rings is 1. The van der Waals surface area contributed by atoms with Crippen molar-refractivity contribution in [3.8, 4) is 0 Å². The second-order valence-corrected chi connectivity index (χ2v) is 7.01. The van der Waals surface area contributed by atoms with Gasteiger partial charge in [0.15, 0.2) is 0 Å². The Balaban J connectivity index is 1.86. The zero-order chi connectivity index (χ0) is 14.5. The first-order chi connectivity index (χ1) is 9.56. The fourth-order valence-electron chi connectivity index (χ4n) is 2.60. The summed E-state index contributed by atoms with van der Waals surface area (Å²) in [7, 11) is 0. The normalized spacial score (nSPS) is 24.1. The smallest absolute Gasteiger partial charge is 0.233 e. The van der Waals surface area contributed by atoms with E-state index in [1.165, 1.54) is 43.2 Å². The zero-order valence-corrected chi connectivity index (χ0v) is 12.9. The van der Waals surface area contributed by atoms with Gasteiger partial charge in [-0.1, -0.05) is 19.8 Å². The molecule has 1 aliphatic carbocycles. The summed E-state index contributed by atoms with van der Waals surface area (Å²) in [6, 6.07) is 6.60. The van der Waals surface area contributed by atoms with Crippen LogP contribution in [-0.4, -0.2) is 17.2 Å². The maximum absolute atomic E-state index is 12.8. The Morgan fingerprint density at radius 3 is 2.60 bits per heavy atom. The molecule has 0 aromatic heterocycles. The molecule has 1 saturated carbocycles. The van der Waals surface area contributed by atoms with Crippen LogP contribution in [0.5, 0.6) is 0 Å². The Kier molecular flexibility index (Phi) is 5.46. The summed E-state index contributed by atoms with van der Waals surface area (Å²) < 4.78 is 12.8. The quantitative estimate of drug-likeness (QED) is 0.851. The molecule has 1 fully saturated rings. The summed E-state index contributed by atoms with van der Waals surface area (Å²) in [5.74, 6) is 0.399. The van der Waals surface area contributed by atoms with Crippen LogP contribution in [0.25, 0.3) is 0 Å². The van der Waals surface area contributed by atoms with Gasteiger partial charge in [0.05, 0.1) is 5.25 Å². The average molecular weight is 295 g/mol. The number of hydrogen-bond acceptors (Lipinski definition) is 2. The van der Waals surface area contributed by atoms with E-state index in [9.17, 15) is 9.18 Å². The highest BCUT2D eigenvalue weighted by Crippen LogP contribution is 2.26. The Morgan fingerprint density at radius 2 is 1.95 bits per heavy atom. The third kappa shape index (κ3) is 4.23. The Labute approximate surface area is 124 Å². The highest BCUT2D eigenvalue weighted by Gasteiger charge is 2.25. The van der Waals surface area contributed by atoms with E-state index in [1.807, 2.05) is 6.92 Å². The molecule has 4 heteroatoms. The lowest BCUT2D eigenvalue weighted by Crippen LogP contribution is -2.44. The molecule has 0 unspecified atom stereocenters. The van der Waals surface area contributed by atoms with E-state index in [2.05, 4.69) is 12.2 Å². The Bertz CT molecular complexity index is 448. The van der Waals surface area contributed by atoms with Crippen molar-refractivity contribution in [3.63, 3.8) is 0 Å². The molecule has 0 bridgehead atoms. The third-order valence-corrected chi connectivity index (χ3v) is 5.05. The lowest BCUT2D eigenvalue weighted by Gasteiger charge is -2.30. The van der Waals surface area contributed by atoms with Gasteiger partial charge in [-0.2, -0.15) is 0 Å². The summed E-state index contributed by atoms with van der Waals surface area (Å²) in [6.45, 7) is 4.11. The van der Waals surface area contributed by atoms with Gasteiger partial charge < -0.3 is 5.32 Å². The van der Waals surface area contributed by atoms with Gasteiger partial charge in [-0.3, -0.25) is 4.79 Å². The molecular weight excluding hydrogens is 273 g/mol. The van der Waals surface area contributed by atoms with E-state index < -0.39 is 0 Å². The van der Waals surface area contributed by atoms with E-state index in [0.717, 1.165) is 11.3 Å². The molecule has 1 amide bonds. The number of hydrogen-bond donors (Lipinski definition) is 1. The van der Waals surface area contributed by atoms with Crippen molar-refractivity contribution in [2.45, 2.75) is 55.7 Å². The van der Waals surface area contributed by atoms with Gasteiger partial charge in [0.2, 0.25) is 5.91 Å². The summed E-state index contributed by atoms with van der Waals surface area (Å²) >= 11 is 1.47. The number of carbonyl (C=O) groups excluding carboxylic acids is 1. The van der Waals surface area contributed by atoms with Crippen molar-refractivity contribution in [2.24, 2.45) is 5.92 Å². The summed E-state index contributed by atoms with van der Waals surface area (Å²) in [4.78, 5) is 13.1. The third-order valence-electron chi connectivity index (χ3n) is 3.93. The molecular formula is C16H22FNOS. The topological polar surface area (TPSA) is 29.1 Å². The lowest BCUT2D eigenvalue weighted by atomic mass is 9.86. The van der Waals surface area contributed by atoms with Crippen LogP contribution in [-0.2, 0) is 4.79 Å². The van der Waals surface area contributed by atoms with Gasteiger partial charge in [0, 0.05) is 10.9 Å². The number of carbonyl (C=O) groups is 1. The molecule has 3 atom stereocenters. The minimum Gasteiger partial charge on any atom is -0.352 e. The molecule has 0 aliphatic heterocycles. The molecule has 1 aromatic rings. The highest BCUT2D eigenvalue weighted by molar-refractivity contribution is 8.00. The highest BCUT2D eigenvalue weighted by atomic mass is 32.2. The molecule has 20 heavy (non-hydrogen) atoms. The van der Waals surface area contributed by atoms with Gasteiger partial charge >= 0.3 is 0 Å². The van der Waals surface area contributed by atoms with E-state index in [4.69, 9.17) is 0 Å². The Morgan fingerprint density at radius 1 is 1.30 bits per heavy atom.